The average molecular weight is 154 g/mol. The second kappa shape index (κ2) is 2.68. The van der Waals surface area contributed by atoms with Crippen LogP contribution in [0.3, 0.4) is 0 Å². The van der Waals surface area contributed by atoms with Gasteiger partial charge in [0.25, 0.3) is 0 Å². The van der Waals surface area contributed by atoms with Crippen molar-refractivity contribution in [1.82, 2.24) is 0 Å². The summed E-state index contributed by atoms with van der Waals surface area (Å²) in [6, 6.07) is 0. The first-order chi connectivity index (χ1) is 5.06. The Morgan fingerprint density at radius 2 is 2.36 bits per heavy atom. The zero-order valence-corrected chi connectivity index (χ0v) is 7.09. The first-order valence-corrected chi connectivity index (χ1v) is 3.90. The zero-order valence-electron chi connectivity index (χ0n) is 7.09. The largest absolute Gasteiger partial charge is 0.458 e. The molecule has 1 fully saturated rings. The average Bonchev–Trinajstić information content (AvgIpc) is 1.95. The number of carbonyl (C=O) groups excluding carboxylic acids is 1. The van der Waals surface area contributed by atoms with Crippen molar-refractivity contribution in [1.29, 1.82) is 0 Å². The molecule has 0 spiro atoms. The first-order valence-electron chi connectivity index (χ1n) is 3.90. The van der Waals surface area contributed by atoms with Crippen molar-refractivity contribution in [3.63, 3.8) is 0 Å². The summed E-state index contributed by atoms with van der Waals surface area (Å²) in [5.41, 5.74) is -0.292. The maximum absolute atomic E-state index is 11.2. The highest BCUT2D eigenvalue weighted by Crippen LogP contribution is 2.31. The molecule has 1 aliphatic heterocycles. The number of carbonyl (C=O) groups is 1. The van der Waals surface area contributed by atoms with E-state index in [4.69, 9.17) is 4.74 Å². The Balaban J connectivity index is 2.62. The van der Waals surface area contributed by atoms with Crippen LogP contribution in [0.1, 0.15) is 26.7 Å². The first kappa shape index (κ1) is 8.31. The van der Waals surface area contributed by atoms with Gasteiger partial charge in [0.15, 0.2) is 0 Å². The smallest absolute Gasteiger partial charge is 0.312 e. The van der Waals surface area contributed by atoms with Crippen molar-refractivity contribution in [2.45, 2.75) is 32.8 Å². The maximum Gasteiger partial charge on any atom is 0.312 e. The fraction of sp³-hybridized carbons (Fsp3) is 0.667. The Hall–Kier alpha value is -0.790. The molecule has 1 atom stereocenters. The Morgan fingerprint density at radius 3 is 2.82 bits per heavy atom. The fourth-order valence-corrected chi connectivity index (χ4v) is 1.13. The van der Waals surface area contributed by atoms with Gasteiger partial charge in [-0.25, -0.2) is 0 Å². The van der Waals surface area contributed by atoms with E-state index >= 15 is 0 Å². The molecule has 0 N–H and O–H groups in total. The van der Waals surface area contributed by atoms with Crippen LogP contribution in [0.2, 0.25) is 0 Å². The number of hydrogen-bond acceptors (Lipinski definition) is 2. The lowest BCUT2D eigenvalue weighted by Gasteiger charge is -2.31. The molecule has 1 saturated heterocycles. The van der Waals surface area contributed by atoms with Crippen LogP contribution < -0.4 is 0 Å². The molecule has 0 amide bonds. The van der Waals surface area contributed by atoms with Gasteiger partial charge in [0.05, 0.1) is 5.41 Å². The summed E-state index contributed by atoms with van der Waals surface area (Å²) >= 11 is 0. The molecule has 0 bridgehead atoms. The molecule has 0 aromatic heterocycles. The zero-order chi connectivity index (χ0) is 8.48. The van der Waals surface area contributed by atoms with E-state index in [1.807, 2.05) is 13.8 Å². The lowest BCUT2D eigenvalue weighted by Crippen LogP contribution is -2.35. The van der Waals surface area contributed by atoms with Crippen molar-refractivity contribution in [2.75, 3.05) is 0 Å². The second-order valence-corrected chi connectivity index (χ2v) is 3.60. The van der Waals surface area contributed by atoms with Crippen LogP contribution in [-0.2, 0) is 9.53 Å². The molecule has 0 aromatic rings. The third kappa shape index (κ3) is 1.62. The molecule has 0 aromatic carbocycles. The van der Waals surface area contributed by atoms with Crippen LogP contribution in [0, 0.1) is 5.41 Å². The molecule has 1 aliphatic rings. The molecule has 2 nitrogen and oxygen atoms in total. The van der Waals surface area contributed by atoms with Gasteiger partial charge in [-0.05, 0) is 26.7 Å². The molecule has 0 radical (unpaired) electrons. The summed E-state index contributed by atoms with van der Waals surface area (Å²) in [7, 11) is 0. The number of esters is 1. The van der Waals surface area contributed by atoms with E-state index in [0.717, 1.165) is 12.8 Å². The van der Waals surface area contributed by atoms with Crippen LogP contribution in [-0.4, -0.2) is 12.1 Å². The predicted molar refractivity (Wildman–Crippen MR) is 43.1 cm³/mol. The van der Waals surface area contributed by atoms with Gasteiger partial charge >= 0.3 is 5.97 Å². The van der Waals surface area contributed by atoms with Crippen molar-refractivity contribution >= 4 is 5.97 Å². The molecule has 62 valence electrons. The Labute approximate surface area is 67.2 Å². The van der Waals surface area contributed by atoms with E-state index < -0.39 is 0 Å². The monoisotopic (exact) mass is 154 g/mol. The van der Waals surface area contributed by atoms with Gasteiger partial charge in [-0.1, -0.05) is 12.7 Å². The quantitative estimate of drug-likeness (QED) is 0.426. The number of hydrogen-bond donors (Lipinski definition) is 0. The summed E-state index contributed by atoms with van der Waals surface area (Å²) < 4.78 is 5.09. The molecule has 0 saturated carbocycles. The van der Waals surface area contributed by atoms with Gasteiger partial charge < -0.3 is 4.74 Å². The van der Waals surface area contributed by atoms with Gasteiger partial charge in [-0.2, -0.15) is 0 Å². The van der Waals surface area contributed by atoms with Crippen LogP contribution in [0.15, 0.2) is 12.7 Å². The summed E-state index contributed by atoms with van der Waals surface area (Å²) in [6.45, 7) is 7.41. The number of rotatable bonds is 1. The van der Waals surface area contributed by atoms with Crippen LogP contribution >= 0.6 is 0 Å². The maximum atomic E-state index is 11.2. The minimum atomic E-state index is -0.292. The molecular formula is C9H14O2. The normalized spacial score (nSPS) is 29.3. The van der Waals surface area contributed by atoms with Gasteiger partial charge in [0.1, 0.15) is 6.10 Å². The van der Waals surface area contributed by atoms with E-state index in [0.29, 0.717) is 0 Å². The van der Waals surface area contributed by atoms with Crippen LogP contribution in [0.5, 0.6) is 0 Å². The fourth-order valence-electron chi connectivity index (χ4n) is 1.13. The molecule has 1 heterocycles. The molecule has 11 heavy (non-hydrogen) atoms. The highest BCUT2D eigenvalue weighted by molar-refractivity contribution is 5.76. The highest BCUT2D eigenvalue weighted by Gasteiger charge is 2.35. The SMILES string of the molecule is C=CC1CCC(C)(C)C(=O)O1. The highest BCUT2D eigenvalue weighted by atomic mass is 16.5. The summed E-state index contributed by atoms with van der Waals surface area (Å²) in [5.74, 6) is -0.103. The second-order valence-electron chi connectivity index (χ2n) is 3.60. The lowest BCUT2D eigenvalue weighted by atomic mass is 9.84. The predicted octanol–water partition coefficient (Wildman–Crippen LogP) is 1.90. The molecule has 1 unspecified atom stereocenters. The Morgan fingerprint density at radius 1 is 1.73 bits per heavy atom. The number of cyclic esters (lactones) is 1. The molecular weight excluding hydrogens is 140 g/mol. The van der Waals surface area contributed by atoms with Gasteiger partial charge in [0, 0.05) is 0 Å². The lowest BCUT2D eigenvalue weighted by molar-refractivity contribution is -0.164. The summed E-state index contributed by atoms with van der Waals surface area (Å²) in [5, 5.41) is 0. The van der Waals surface area contributed by atoms with Crippen molar-refractivity contribution in [3.8, 4) is 0 Å². The van der Waals surface area contributed by atoms with E-state index in [9.17, 15) is 4.79 Å². The van der Waals surface area contributed by atoms with Crippen LogP contribution in [0.25, 0.3) is 0 Å². The van der Waals surface area contributed by atoms with Crippen molar-refractivity contribution in [2.24, 2.45) is 5.41 Å². The van der Waals surface area contributed by atoms with Crippen LogP contribution in [0.4, 0.5) is 0 Å². The third-order valence-corrected chi connectivity index (χ3v) is 2.13. The Kier molecular flexibility index (Phi) is 2.03. The molecule has 1 rings (SSSR count). The van der Waals surface area contributed by atoms with E-state index in [1.165, 1.54) is 0 Å². The third-order valence-electron chi connectivity index (χ3n) is 2.13. The number of ether oxygens (including phenoxy) is 1. The molecule has 2 heteroatoms. The van der Waals surface area contributed by atoms with Gasteiger partial charge in [-0.15, -0.1) is 0 Å². The van der Waals surface area contributed by atoms with E-state index in [2.05, 4.69) is 6.58 Å². The molecule has 0 aliphatic carbocycles. The minimum absolute atomic E-state index is 0.0597. The topological polar surface area (TPSA) is 26.3 Å². The van der Waals surface area contributed by atoms with Crippen molar-refractivity contribution in [3.05, 3.63) is 12.7 Å². The van der Waals surface area contributed by atoms with Gasteiger partial charge in [-0.3, -0.25) is 4.79 Å². The van der Waals surface area contributed by atoms with Gasteiger partial charge in [0.2, 0.25) is 0 Å². The van der Waals surface area contributed by atoms with Crippen molar-refractivity contribution < 1.29 is 9.53 Å². The Bertz CT molecular complexity index is 182. The minimum Gasteiger partial charge on any atom is -0.458 e. The van der Waals surface area contributed by atoms with E-state index in [-0.39, 0.29) is 17.5 Å². The summed E-state index contributed by atoms with van der Waals surface area (Å²) in [6.07, 6.45) is 3.42. The standard InChI is InChI=1S/C9H14O2/c1-4-7-5-6-9(2,3)8(10)11-7/h4,7H,1,5-6H2,2-3H3. The van der Waals surface area contributed by atoms with E-state index in [1.54, 1.807) is 6.08 Å². The summed E-state index contributed by atoms with van der Waals surface area (Å²) in [4.78, 5) is 11.2.